The number of hydrogen-bond donors (Lipinski definition) is 1. The summed E-state index contributed by atoms with van der Waals surface area (Å²) in [5, 5.41) is 0. The van der Waals surface area contributed by atoms with Gasteiger partial charge in [0, 0.05) is 13.1 Å². The third kappa shape index (κ3) is 5.19. The molecular weight excluding hydrogens is 178 g/mol. The number of nitrogens with zero attached hydrogens (tertiary/aromatic N) is 2. The number of carbonyl (C=O) groups excluding carboxylic acids is 1. The Morgan fingerprint density at radius 2 is 1.93 bits per heavy atom. The number of carbonyl (C=O) groups is 1. The predicted molar refractivity (Wildman–Crippen MR) is 59.1 cm³/mol. The lowest BCUT2D eigenvalue weighted by molar-refractivity contribution is -0.132. The molecule has 0 bridgehead atoms. The van der Waals surface area contributed by atoms with E-state index in [-0.39, 0.29) is 11.9 Å². The van der Waals surface area contributed by atoms with Crippen molar-refractivity contribution in [3.05, 3.63) is 0 Å². The summed E-state index contributed by atoms with van der Waals surface area (Å²) in [7, 11) is 4.06. The van der Waals surface area contributed by atoms with Crippen molar-refractivity contribution in [2.75, 3.05) is 33.7 Å². The molecule has 4 nitrogen and oxygen atoms in total. The van der Waals surface area contributed by atoms with Crippen LogP contribution in [0.4, 0.5) is 0 Å². The lowest BCUT2D eigenvalue weighted by Gasteiger charge is -2.23. The smallest absolute Gasteiger partial charge is 0.239 e. The van der Waals surface area contributed by atoms with Gasteiger partial charge in [-0.25, -0.2) is 0 Å². The standard InChI is InChI=1S/C10H23N3O/c1-5-13(10(14)9(2)11)8-6-7-12(3)4/h9H,5-8,11H2,1-4H3/t9-/m1/s1. The van der Waals surface area contributed by atoms with E-state index in [0.717, 1.165) is 26.1 Å². The maximum absolute atomic E-state index is 11.5. The monoisotopic (exact) mass is 201 g/mol. The second-order valence-corrected chi connectivity index (χ2v) is 3.86. The van der Waals surface area contributed by atoms with Crippen molar-refractivity contribution in [1.82, 2.24) is 9.80 Å². The molecule has 0 aromatic rings. The molecule has 0 aliphatic rings. The summed E-state index contributed by atoms with van der Waals surface area (Å²) in [5.74, 6) is 0.0475. The van der Waals surface area contributed by atoms with Crippen molar-refractivity contribution in [2.24, 2.45) is 5.73 Å². The average molecular weight is 201 g/mol. The zero-order valence-corrected chi connectivity index (χ0v) is 9.79. The lowest BCUT2D eigenvalue weighted by Crippen LogP contribution is -2.42. The highest BCUT2D eigenvalue weighted by Crippen LogP contribution is 1.96. The van der Waals surface area contributed by atoms with Crippen LogP contribution in [0.15, 0.2) is 0 Å². The van der Waals surface area contributed by atoms with Crippen molar-refractivity contribution < 1.29 is 4.79 Å². The average Bonchev–Trinajstić information content (AvgIpc) is 2.10. The molecule has 4 heteroatoms. The molecule has 1 amide bonds. The molecule has 1 atom stereocenters. The van der Waals surface area contributed by atoms with Gasteiger partial charge in [-0.3, -0.25) is 4.79 Å². The third-order valence-electron chi connectivity index (χ3n) is 2.12. The topological polar surface area (TPSA) is 49.6 Å². The first-order valence-electron chi connectivity index (χ1n) is 5.18. The summed E-state index contributed by atoms with van der Waals surface area (Å²) in [5.41, 5.74) is 5.54. The molecule has 2 N–H and O–H groups in total. The Morgan fingerprint density at radius 1 is 1.36 bits per heavy atom. The third-order valence-corrected chi connectivity index (χ3v) is 2.12. The van der Waals surface area contributed by atoms with Gasteiger partial charge in [0.1, 0.15) is 0 Å². The van der Waals surface area contributed by atoms with Crippen LogP contribution in [0, 0.1) is 0 Å². The molecule has 84 valence electrons. The van der Waals surface area contributed by atoms with Crippen molar-refractivity contribution in [1.29, 1.82) is 0 Å². The highest BCUT2D eigenvalue weighted by molar-refractivity contribution is 5.81. The molecule has 0 heterocycles. The SMILES string of the molecule is CCN(CCCN(C)C)C(=O)[C@@H](C)N. The summed E-state index contributed by atoms with van der Waals surface area (Å²) in [6.45, 7) is 6.26. The normalized spacial score (nSPS) is 13.0. The van der Waals surface area contributed by atoms with Gasteiger partial charge in [0.15, 0.2) is 0 Å². The second-order valence-electron chi connectivity index (χ2n) is 3.86. The molecule has 0 saturated carbocycles. The van der Waals surface area contributed by atoms with Gasteiger partial charge in [0.25, 0.3) is 0 Å². The van der Waals surface area contributed by atoms with Crippen molar-refractivity contribution in [3.63, 3.8) is 0 Å². The molecular formula is C10H23N3O. The molecule has 0 saturated heterocycles. The number of amides is 1. The van der Waals surface area contributed by atoms with Gasteiger partial charge in [0.05, 0.1) is 6.04 Å². The Labute approximate surface area is 87.0 Å². The molecule has 0 aliphatic heterocycles. The minimum atomic E-state index is -0.380. The van der Waals surface area contributed by atoms with Crippen LogP contribution in [0.25, 0.3) is 0 Å². The van der Waals surface area contributed by atoms with Crippen LogP contribution in [0.2, 0.25) is 0 Å². The zero-order chi connectivity index (χ0) is 11.1. The number of nitrogens with two attached hydrogens (primary N) is 1. The Bertz CT molecular complexity index is 169. The molecule has 0 aliphatic carbocycles. The van der Waals surface area contributed by atoms with Crippen LogP contribution in [-0.2, 0) is 4.79 Å². The Hall–Kier alpha value is -0.610. The predicted octanol–water partition coefficient (Wildman–Crippen LogP) is 0.134. The lowest BCUT2D eigenvalue weighted by atomic mass is 10.2. The Balaban J connectivity index is 3.85. The van der Waals surface area contributed by atoms with E-state index in [9.17, 15) is 4.79 Å². The molecule has 14 heavy (non-hydrogen) atoms. The van der Waals surface area contributed by atoms with E-state index in [1.807, 2.05) is 25.9 Å². The van der Waals surface area contributed by atoms with Gasteiger partial charge in [0.2, 0.25) is 5.91 Å². The van der Waals surface area contributed by atoms with Crippen LogP contribution in [0.5, 0.6) is 0 Å². The van der Waals surface area contributed by atoms with E-state index >= 15 is 0 Å². The van der Waals surface area contributed by atoms with Gasteiger partial charge in [-0.05, 0) is 40.9 Å². The first-order valence-corrected chi connectivity index (χ1v) is 5.18. The van der Waals surface area contributed by atoms with Gasteiger partial charge in [-0.2, -0.15) is 0 Å². The largest absolute Gasteiger partial charge is 0.342 e. The van der Waals surface area contributed by atoms with Crippen LogP contribution in [-0.4, -0.2) is 55.5 Å². The fourth-order valence-corrected chi connectivity index (χ4v) is 1.29. The maximum atomic E-state index is 11.5. The summed E-state index contributed by atoms with van der Waals surface area (Å²) < 4.78 is 0. The quantitative estimate of drug-likeness (QED) is 0.665. The highest BCUT2D eigenvalue weighted by atomic mass is 16.2. The van der Waals surface area contributed by atoms with Crippen LogP contribution >= 0.6 is 0 Å². The molecule has 0 rings (SSSR count). The van der Waals surface area contributed by atoms with E-state index in [1.165, 1.54) is 0 Å². The molecule has 0 radical (unpaired) electrons. The molecule has 0 aromatic heterocycles. The summed E-state index contributed by atoms with van der Waals surface area (Å²) in [6.07, 6.45) is 0.999. The highest BCUT2D eigenvalue weighted by Gasteiger charge is 2.14. The van der Waals surface area contributed by atoms with Crippen LogP contribution in [0.3, 0.4) is 0 Å². The first-order chi connectivity index (χ1) is 6.49. The van der Waals surface area contributed by atoms with E-state index < -0.39 is 0 Å². The number of hydrogen-bond acceptors (Lipinski definition) is 3. The van der Waals surface area contributed by atoms with Gasteiger partial charge in [-0.1, -0.05) is 0 Å². The Morgan fingerprint density at radius 3 is 2.29 bits per heavy atom. The van der Waals surface area contributed by atoms with Gasteiger partial charge < -0.3 is 15.5 Å². The van der Waals surface area contributed by atoms with Gasteiger partial charge >= 0.3 is 0 Å². The Kier molecular flexibility index (Phi) is 6.49. The van der Waals surface area contributed by atoms with E-state index in [4.69, 9.17) is 5.73 Å². The molecule has 0 unspecified atom stereocenters. The van der Waals surface area contributed by atoms with E-state index in [1.54, 1.807) is 6.92 Å². The minimum absolute atomic E-state index is 0.0475. The van der Waals surface area contributed by atoms with E-state index in [0.29, 0.717) is 0 Å². The zero-order valence-electron chi connectivity index (χ0n) is 9.79. The summed E-state index contributed by atoms with van der Waals surface area (Å²) >= 11 is 0. The van der Waals surface area contributed by atoms with Crippen molar-refractivity contribution >= 4 is 5.91 Å². The van der Waals surface area contributed by atoms with Crippen molar-refractivity contribution in [2.45, 2.75) is 26.3 Å². The maximum Gasteiger partial charge on any atom is 0.239 e. The minimum Gasteiger partial charge on any atom is -0.342 e. The van der Waals surface area contributed by atoms with Gasteiger partial charge in [-0.15, -0.1) is 0 Å². The summed E-state index contributed by atoms with van der Waals surface area (Å²) in [4.78, 5) is 15.5. The van der Waals surface area contributed by atoms with E-state index in [2.05, 4.69) is 4.90 Å². The number of likely N-dealkylation sites (N-methyl/N-ethyl adjacent to an activating group) is 1. The first kappa shape index (κ1) is 13.4. The second kappa shape index (κ2) is 6.79. The fourth-order valence-electron chi connectivity index (χ4n) is 1.29. The van der Waals surface area contributed by atoms with Crippen LogP contribution < -0.4 is 5.73 Å². The van der Waals surface area contributed by atoms with Crippen LogP contribution in [0.1, 0.15) is 20.3 Å². The molecule has 0 aromatic carbocycles. The molecule has 0 spiro atoms. The fraction of sp³-hybridized carbons (Fsp3) is 0.900. The summed E-state index contributed by atoms with van der Waals surface area (Å²) in [6, 6.07) is -0.380. The van der Waals surface area contributed by atoms with Crippen molar-refractivity contribution in [3.8, 4) is 0 Å². The number of rotatable bonds is 6. The molecule has 0 fully saturated rings.